The summed E-state index contributed by atoms with van der Waals surface area (Å²) in [7, 11) is -2.10. The lowest BCUT2D eigenvalue weighted by molar-refractivity contribution is 0.198. The fourth-order valence-corrected chi connectivity index (χ4v) is 2.97. The van der Waals surface area contributed by atoms with Gasteiger partial charge >= 0.3 is 0 Å². The first-order valence-electron chi connectivity index (χ1n) is 4.88. The Labute approximate surface area is 109 Å². The summed E-state index contributed by atoms with van der Waals surface area (Å²) in [6.07, 6.45) is -0.730. The first-order chi connectivity index (χ1) is 7.86. The highest BCUT2D eigenvalue weighted by Crippen LogP contribution is 2.27. The van der Waals surface area contributed by atoms with Gasteiger partial charge in [-0.1, -0.05) is 0 Å². The van der Waals surface area contributed by atoms with Gasteiger partial charge in [0.25, 0.3) is 0 Å². The molecule has 0 heterocycles. The van der Waals surface area contributed by atoms with E-state index in [4.69, 9.17) is 9.84 Å². The van der Waals surface area contributed by atoms with Crippen molar-refractivity contribution in [2.24, 2.45) is 0 Å². The van der Waals surface area contributed by atoms with Gasteiger partial charge in [0.2, 0.25) is 10.0 Å². The number of sulfonamides is 1. The van der Waals surface area contributed by atoms with Gasteiger partial charge in [-0.3, -0.25) is 0 Å². The minimum Gasteiger partial charge on any atom is -0.496 e. The molecule has 0 aliphatic heterocycles. The monoisotopic (exact) mass is 323 g/mol. The molecule has 0 bridgehead atoms. The van der Waals surface area contributed by atoms with E-state index in [0.717, 1.165) is 0 Å². The molecule has 0 aliphatic rings. The van der Waals surface area contributed by atoms with E-state index in [-0.39, 0.29) is 11.4 Å². The van der Waals surface area contributed by atoms with E-state index in [9.17, 15) is 8.42 Å². The van der Waals surface area contributed by atoms with Crippen LogP contribution in [0.3, 0.4) is 0 Å². The highest BCUT2D eigenvalue weighted by atomic mass is 79.9. The van der Waals surface area contributed by atoms with Crippen molar-refractivity contribution in [3.8, 4) is 5.75 Å². The Balaban J connectivity index is 2.96. The smallest absolute Gasteiger partial charge is 0.240 e. The van der Waals surface area contributed by atoms with Gasteiger partial charge in [-0.05, 0) is 41.1 Å². The first kappa shape index (κ1) is 14.4. The van der Waals surface area contributed by atoms with Crippen LogP contribution in [0.5, 0.6) is 5.75 Å². The number of aliphatic hydroxyl groups is 1. The Morgan fingerprint density at radius 1 is 1.53 bits per heavy atom. The van der Waals surface area contributed by atoms with Gasteiger partial charge in [0.15, 0.2) is 0 Å². The van der Waals surface area contributed by atoms with Crippen LogP contribution >= 0.6 is 15.9 Å². The normalized spacial score (nSPS) is 13.4. The maximum atomic E-state index is 11.8. The standard InChI is InChI=1S/C10H14BrNO4S/c1-7(13)6-12-17(14,15)8-3-4-10(16-2)9(11)5-8/h3-5,7,12-13H,6H2,1-2H3/t7-/m0/s1. The third-order valence-electron chi connectivity index (χ3n) is 2.00. The number of hydrogen-bond donors (Lipinski definition) is 2. The van der Waals surface area contributed by atoms with Gasteiger partial charge in [0.1, 0.15) is 5.75 Å². The molecule has 0 saturated carbocycles. The van der Waals surface area contributed by atoms with Crippen LogP contribution in [-0.4, -0.2) is 33.3 Å². The number of hydrogen-bond acceptors (Lipinski definition) is 4. The van der Waals surface area contributed by atoms with E-state index in [0.29, 0.717) is 10.2 Å². The Kier molecular flexibility index (Phi) is 4.93. The Morgan fingerprint density at radius 3 is 2.65 bits per heavy atom. The number of halogens is 1. The van der Waals surface area contributed by atoms with E-state index in [2.05, 4.69) is 20.7 Å². The van der Waals surface area contributed by atoms with Gasteiger partial charge in [-0.25, -0.2) is 13.1 Å². The van der Waals surface area contributed by atoms with E-state index >= 15 is 0 Å². The molecule has 0 aromatic heterocycles. The third-order valence-corrected chi connectivity index (χ3v) is 4.04. The summed E-state index contributed by atoms with van der Waals surface area (Å²) >= 11 is 3.21. The molecule has 0 spiro atoms. The molecule has 0 saturated heterocycles. The molecule has 1 rings (SSSR count). The molecule has 1 aromatic carbocycles. The highest BCUT2D eigenvalue weighted by molar-refractivity contribution is 9.10. The zero-order chi connectivity index (χ0) is 13.1. The van der Waals surface area contributed by atoms with Crippen LogP contribution in [0.2, 0.25) is 0 Å². The van der Waals surface area contributed by atoms with Crippen molar-refractivity contribution >= 4 is 26.0 Å². The van der Waals surface area contributed by atoms with Crippen LogP contribution in [-0.2, 0) is 10.0 Å². The molecule has 0 unspecified atom stereocenters. The van der Waals surface area contributed by atoms with Crippen molar-refractivity contribution in [3.05, 3.63) is 22.7 Å². The molecule has 2 N–H and O–H groups in total. The fraction of sp³-hybridized carbons (Fsp3) is 0.400. The second kappa shape index (κ2) is 5.81. The average molecular weight is 324 g/mol. The van der Waals surface area contributed by atoms with Crippen molar-refractivity contribution in [2.75, 3.05) is 13.7 Å². The second-order valence-electron chi connectivity index (χ2n) is 3.50. The Morgan fingerprint density at radius 2 is 2.18 bits per heavy atom. The number of nitrogens with one attached hydrogen (secondary N) is 1. The van der Waals surface area contributed by atoms with Crippen LogP contribution < -0.4 is 9.46 Å². The number of aliphatic hydroxyl groups excluding tert-OH is 1. The molecule has 1 aromatic rings. The number of ether oxygens (including phenoxy) is 1. The summed E-state index contributed by atoms with van der Waals surface area (Å²) in [5.41, 5.74) is 0. The van der Waals surface area contributed by atoms with Crippen LogP contribution in [0.15, 0.2) is 27.6 Å². The van der Waals surface area contributed by atoms with Crippen LogP contribution in [0.25, 0.3) is 0 Å². The zero-order valence-corrected chi connectivity index (χ0v) is 11.9. The summed E-state index contributed by atoms with van der Waals surface area (Å²) in [5.74, 6) is 0.555. The highest BCUT2D eigenvalue weighted by Gasteiger charge is 2.16. The van der Waals surface area contributed by atoms with E-state index < -0.39 is 16.1 Å². The summed E-state index contributed by atoms with van der Waals surface area (Å²) in [6.45, 7) is 1.48. The van der Waals surface area contributed by atoms with E-state index in [1.807, 2.05) is 0 Å². The zero-order valence-electron chi connectivity index (χ0n) is 9.47. The molecular weight excluding hydrogens is 310 g/mol. The number of benzene rings is 1. The second-order valence-corrected chi connectivity index (χ2v) is 6.12. The quantitative estimate of drug-likeness (QED) is 0.851. The molecule has 7 heteroatoms. The fourth-order valence-electron chi connectivity index (χ4n) is 1.13. The maximum Gasteiger partial charge on any atom is 0.240 e. The Bertz CT molecular complexity index is 487. The van der Waals surface area contributed by atoms with Gasteiger partial charge in [0.05, 0.1) is 22.6 Å². The lowest BCUT2D eigenvalue weighted by Crippen LogP contribution is -2.30. The van der Waals surface area contributed by atoms with Crippen molar-refractivity contribution in [3.63, 3.8) is 0 Å². The minimum atomic E-state index is -3.60. The molecule has 0 aliphatic carbocycles. The summed E-state index contributed by atoms with van der Waals surface area (Å²) < 4.78 is 31.5. The molecule has 17 heavy (non-hydrogen) atoms. The molecule has 96 valence electrons. The average Bonchev–Trinajstić information content (AvgIpc) is 2.26. The van der Waals surface area contributed by atoms with Crippen molar-refractivity contribution in [1.82, 2.24) is 4.72 Å². The van der Waals surface area contributed by atoms with E-state index in [1.54, 1.807) is 6.07 Å². The molecule has 0 fully saturated rings. The van der Waals surface area contributed by atoms with Gasteiger partial charge in [0, 0.05) is 6.54 Å². The summed E-state index contributed by atoms with van der Waals surface area (Å²) in [4.78, 5) is 0.117. The van der Waals surface area contributed by atoms with Gasteiger partial charge < -0.3 is 9.84 Å². The lowest BCUT2D eigenvalue weighted by atomic mass is 10.3. The van der Waals surface area contributed by atoms with Crippen LogP contribution in [0.1, 0.15) is 6.92 Å². The van der Waals surface area contributed by atoms with Crippen molar-refractivity contribution < 1.29 is 18.3 Å². The number of methoxy groups -OCH3 is 1. The SMILES string of the molecule is COc1ccc(S(=O)(=O)NC[C@H](C)O)cc1Br. The van der Waals surface area contributed by atoms with Crippen LogP contribution in [0, 0.1) is 0 Å². The number of rotatable bonds is 5. The topological polar surface area (TPSA) is 75.6 Å². The van der Waals surface area contributed by atoms with E-state index in [1.165, 1.54) is 26.2 Å². The predicted octanol–water partition coefficient (Wildman–Crippen LogP) is 1.12. The minimum absolute atomic E-state index is 0.0218. The third kappa shape index (κ3) is 3.95. The van der Waals surface area contributed by atoms with Gasteiger partial charge in [-0.15, -0.1) is 0 Å². The van der Waals surface area contributed by atoms with Crippen molar-refractivity contribution in [1.29, 1.82) is 0 Å². The van der Waals surface area contributed by atoms with Crippen LogP contribution in [0.4, 0.5) is 0 Å². The van der Waals surface area contributed by atoms with Crippen molar-refractivity contribution in [2.45, 2.75) is 17.9 Å². The maximum absolute atomic E-state index is 11.8. The molecule has 0 amide bonds. The lowest BCUT2D eigenvalue weighted by Gasteiger charge is -2.10. The largest absolute Gasteiger partial charge is 0.496 e. The first-order valence-corrected chi connectivity index (χ1v) is 7.15. The summed E-state index contributed by atoms with van der Waals surface area (Å²) in [5, 5.41) is 9.04. The molecule has 5 nitrogen and oxygen atoms in total. The molecule has 0 radical (unpaired) electrons. The molecule has 1 atom stereocenters. The molecular formula is C10H14BrNO4S. The Hall–Kier alpha value is -0.630. The predicted molar refractivity (Wildman–Crippen MR) is 67.6 cm³/mol. The van der Waals surface area contributed by atoms with Gasteiger partial charge in [-0.2, -0.15) is 0 Å². The summed E-state index contributed by atoms with van der Waals surface area (Å²) in [6, 6.07) is 4.44.